The number of likely N-dealkylation sites (N-methyl/N-ethyl adjacent to an activating group) is 1. The smallest absolute Gasteiger partial charge is 0.279 e. The molecule has 0 aliphatic heterocycles. The van der Waals surface area contributed by atoms with Gasteiger partial charge < -0.3 is 15.5 Å². The van der Waals surface area contributed by atoms with E-state index in [-0.39, 0.29) is 24.9 Å². The molecule has 26 heavy (non-hydrogen) atoms. The van der Waals surface area contributed by atoms with Crippen LogP contribution in [0.1, 0.15) is 11.1 Å². The first-order chi connectivity index (χ1) is 12.3. The maximum atomic E-state index is 12.2. The van der Waals surface area contributed by atoms with Gasteiger partial charge in [0.05, 0.1) is 22.8 Å². The van der Waals surface area contributed by atoms with Gasteiger partial charge in [0.15, 0.2) is 13.1 Å². The van der Waals surface area contributed by atoms with Crippen molar-refractivity contribution in [3.63, 3.8) is 0 Å². The largest absolute Gasteiger partial charge is 0.322 e. The van der Waals surface area contributed by atoms with Crippen molar-refractivity contribution in [1.82, 2.24) is 0 Å². The van der Waals surface area contributed by atoms with Gasteiger partial charge in [0.2, 0.25) is 0 Å². The lowest BCUT2D eigenvalue weighted by Crippen LogP contribution is -3.11. The monoisotopic (exact) mass is 394 g/mol. The molecule has 1 unspecified atom stereocenters. The number of carbonyl (C=O) groups is 2. The first-order valence-electron chi connectivity index (χ1n) is 8.18. The second-order valence-electron chi connectivity index (χ2n) is 6.32. The fourth-order valence-corrected chi connectivity index (χ4v) is 3.05. The van der Waals surface area contributed by atoms with Crippen LogP contribution in [0.4, 0.5) is 11.4 Å². The molecular weight excluding hydrogens is 373 g/mol. The van der Waals surface area contributed by atoms with E-state index in [1.54, 1.807) is 25.2 Å². The molecule has 2 aromatic rings. The van der Waals surface area contributed by atoms with Gasteiger partial charge in [0.25, 0.3) is 11.8 Å². The highest BCUT2D eigenvalue weighted by atomic mass is 35.5. The Morgan fingerprint density at radius 3 is 2.12 bits per heavy atom. The molecule has 7 heteroatoms. The lowest BCUT2D eigenvalue weighted by Gasteiger charge is -2.15. The lowest BCUT2D eigenvalue weighted by molar-refractivity contribution is -0.862. The van der Waals surface area contributed by atoms with Crippen molar-refractivity contribution in [1.29, 1.82) is 0 Å². The molecule has 138 valence electrons. The van der Waals surface area contributed by atoms with E-state index in [9.17, 15) is 9.59 Å². The Kier molecular flexibility index (Phi) is 7.03. The Labute approximate surface area is 163 Å². The molecule has 0 aromatic heterocycles. The molecule has 0 bridgehead atoms. The summed E-state index contributed by atoms with van der Waals surface area (Å²) in [7, 11) is 1.77. The van der Waals surface area contributed by atoms with Crippen LogP contribution in [0.25, 0.3) is 0 Å². The third kappa shape index (κ3) is 5.73. The van der Waals surface area contributed by atoms with Crippen LogP contribution in [-0.2, 0) is 9.59 Å². The number of aryl methyl sites for hydroxylation is 2. The summed E-state index contributed by atoms with van der Waals surface area (Å²) in [5.74, 6) is -0.421. The van der Waals surface area contributed by atoms with Gasteiger partial charge in [-0.05, 0) is 37.6 Å². The summed E-state index contributed by atoms with van der Waals surface area (Å²) >= 11 is 12.1. The maximum absolute atomic E-state index is 12.2. The number of rotatable bonds is 6. The van der Waals surface area contributed by atoms with Crippen LogP contribution < -0.4 is 15.5 Å². The Morgan fingerprint density at radius 1 is 0.962 bits per heavy atom. The van der Waals surface area contributed by atoms with Crippen LogP contribution in [0.2, 0.25) is 10.0 Å². The topological polar surface area (TPSA) is 62.6 Å². The number of hydrogen-bond acceptors (Lipinski definition) is 2. The second-order valence-corrected chi connectivity index (χ2v) is 7.14. The molecule has 1 atom stereocenters. The van der Waals surface area contributed by atoms with Gasteiger partial charge in [-0.25, -0.2) is 0 Å². The van der Waals surface area contributed by atoms with Crippen molar-refractivity contribution in [3.8, 4) is 0 Å². The van der Waals surface area contributed by atoms with Crippen LogP contribution in [0.3, 0.4) is 0 Å². The van der Waals surface area contributed by atoms with E-state index >= 15 is 0 Å². The first kappa shape index (κ1) is 20.2. The number of anilines is 2. The zero-order chi connectivity index (χ0) is 19.3. The molecular formula is C19H22Cl2N3O2+. The van der Waals surface area contributed by atoms with Crippen molar-refractivity contribution in [2.75, 3.05) is 30.8 Å². The quantitative estimate of drug-likeness (QED) is 0.705. The zero-order valence-corrected chi connectivity index (χ0v) is 16.5. The number of carbonyl (C=O) groups excluding carboxylic acids is 2. The highest BCUT2D eigenvalue weighted by Crippen LogP contribution is 2.29. The Morgan fingerprint density at radius 2 is 1.54 bits per heavy atom. The van der Waals surface area contributed by atoms with E-state index in [0.29, 0.717) is 15.7 Å². The minimum Gasteiger partial charge on any atom is -0.322 e. The lowest BCUT2D eigenvalue weighted by atomic mass is 10.1. The van der Waals surface area contributed by atoms with Crippen molar-refractivity contribution in [2.45, 2.75) is 13.8 Å². The van der Waals surface area contributed by atoms with E-state index < -0.39 is 0 Å². The van der Waals surface area contributed by atoms with Gasteiger partial charge in [-0.15, -0.1) is 0 Å². The SMILES string of the molecule is Cc1ccc(NC(=O)C[NH+](C)CC(=O)Nc2c(Cl)cccc2Cl)c(C)c1. The normalized spacial score (nSPS) is 11.7. The average Bonchev–Trinajstić information content (AvgIpc) is 2.53. The molecule has 5 nitrogen and oxygen atoms in total. The third-order valence-corrected chi connectivity index (χ3v) is 4.44. The predicted molar refractivity (Wildman–Crippen MR) is 106 cm³/mol. The number of nitrogens with one attached hydrogen (secondary N) is 3. The van der Waals surface area contributed by atoms with E-state index in [1.807, 2.05) is 32.0 Å². The van der Waals surface area contributed by atoms with Crippen LogP contribution in [-0.4, -0.2) is 32.0 Å². The van der Waals surface area contributed by atoms with Gasteiger partial charge in [-0.1, -0.05) is 47.0 Å². The summed E-state index contributed by atoms with van der Waals surface area (Å²) in [4.78, 5) is 25.1. The second kappa shape index (κ2) is 9.03. The summed E-state index contributed by atoms with van der Waals surface area (Å²) in [6.45, 7) is 4.22. The van der Waals surface area contributed by atoms with Crippen molar-refractivity contribution < 1.29 is 14.5 Å². The van der Waals surface area contributed by atoms with Crippen molar-refractivity contribution in [3.05, 3.63) is 57.6 Å². The summed E-state index contributed by atoms with van der Waals surface area (Å²) in [6.07, 6.45) is 0. The molecule has 3 N–H and O–H groups in total. The Balaban J connectivity index is 1.88. The Hall–Kier alpha value is -2.08. The van der Waals surface area contributed by atoms with E-state index in [2.05, 4.69) is 10.6 Å². The van der Waals surface area contributed by atoms with Crippen molar-refractivity contribution >= 4 is 46.4 Å². The summed E-state index contributed by atoms with van der Waals surface area (Å²) < 4.78 is 0. The highest BCUT2D eigenvalue weighted by Gasteiger charge is 2.17. The molecule has 0 aliphatic carbocycles. The molecule has 0 spiro atoms. The zero-order valence-electron chi connectivity index (χ0n) is 15.0. The molecule has 2 amide bonds. The van der Waals surface area contributed by atoms with E-state index in [0.717, 1.165) is 21.7 Å². The molecule has 2 rings (SSSR count). The average molecular weight is 395 g/mol. The number of amides is 2. The standard InChI is InChI=1S/C19H21Cl2N3O2/c1-12-7-8-16(13(2)9-12)22-17(25)10-24(3)11-18(26)23-19-14(20)5-4-6-15(19)21/h4-9H,10-11H2,1-3H3,(H,22,25)(H,23,26)/p+1. The molecule has 2 aromatic carbocycles. The van der Waals surface area contributed by atoms with Crippen LogP contribution in [0.5, 0.6) is 0 Å². The van der Waals surface area contributed by atoms with Crippen LogP contribution in [0.15, 0.2) is 36.4 Å². The predicted octanol–water partition coefficient (Wildman–Crippen LogP) is 2.70. The minimum atomic E-state index is -0.267. The third-order valence-electron chi connectivity index (χ3n) is 3.81. The molecule has 0 aliphatic rings. The molecule has 0 fully saturated rings. The number of hydrogen-bond donors (Lipinski definition) is 3. The Bertz CT molecular complexity index is 804. The van der Waals surface area contributed by atoms with Crippen molar-refractivity contribution in [2.24, 2.45) is 0 Å². The van der Waals surface area contributed by atoms with Gasteiger partial charge >= 0.3 is 0 Å². The van der Waals surface area contributed by atoms with Crippen LogP contribution in [0, 0.1) is 13.8 Å². The van der Waals surface area contributed by atoms with Gasteiger partial charge in [-0.3, -0.25) is 9.59 Å². The number of para-hydroxylation sites is 1. The van der Waals surface area contributed by atoms with E-state index in [4.69, 9.17) is 23.2 Å². The van der Waals surface area contributed by atoms with Gasteiger partial charge in [-0.2, -0.15) is 0 Å². The number of quaternary nitrogens is 1. The molecule has 0 radical (unpaired) electrons. The summed E-state index contributed by atoms with van der Waals surface area (Å²) in [6, 6.07) is 10.8. The fourth-order valence-electron chi connectivity index (χ4n) is 2.56. The van der Waals surface area contributed by atoms with E-state index in [1.165, 1.54) is 0 Å². The number of halogens is 2. The number of benzene rings is 2. The van der Waals surface area contributed by atoms with Gasteiger partial charge in [0.1, 0.15) is 0 Å². The minimum absolute atomic E-state index is 0.113. The fraction of sp³-hybridized carbons (Fsp3) is 0.263. The molecule has 0 saturated heterocycles. The first-order valence-corrected chi connectivity index (χ1v) is 8.94. The maximum Gasteiger partial charge on any atom is 0.279 e. The van der Waals surface area contributed by atoms with Crippen LogP contribution >= 0.6 is 23.2 Å². The van der Waals surface area contributed by atoms with Gasteiger partial charge in [0, 0.05) is 5.69 Å². The molecule has 0 saturated carbocycles. The summed E-state index contributed by atoms with van der Waals surface area (Å²) in [5.41, 5.74) is 3.30. The highest BCUT2D eigenvalue weighted by molar-refractivity contribution is 6.39. The summed E-state index contributed by atoms with van der Waals surface area (Å²) in [5, 5.41) is 6.31. The molecule has 0 heterocycles.